The molecular formula is C16H22N2S2. The molecule has 2 nitrogen and oxygen atoms in total. The molecule has 0 radical (unpaired) electrons. The van der Waals surface area contributed by atoms with Crippen molar-refractivity contribution >= 4 is 33.3 Å². The molecule has 0 N–H and O–H groups in total. The van der Waals surface area contributed by atoms with Crippen molar-refractivity contribution < 1.29 is 0 Å². The third-order valence-corrected chi connectivity index (χ3v) is 6.28. The Balaban J connectivity index is 1.89. The first-order valence-corrected chi connectivity index (χ1v) is 9.47. The van der Waals surface area contributed by atoms with Crippen LogP contribution in [-0.2, 0) is 12.8 Å². The summed E-state index contributed by atoms with van der Waals surface area (Å²) < 4.78 is 0. The average molecular weight is 307 g/mol. The van der Waals surface area contributed by atoms with E-state index in [0.29, 0.717) is 0 Å². The topological polar surface area (TPSA) is 25.8 Å². The van der Waals surface area contributed by atoms with Gasteiger partial charge in [-0.25, -0.2) is 9.97 Å². The molecule has 1 atom stereocenters. The molecule has 0 saturated heterocycles. The molecule has 4 heteroatoms. The molecule has 1 aliphatic carbocycles. The van der Waals surface area contributed by atoms with Crippen LogP contribution in [-0.4, -0.2) is 15.7 Å². The first-order valence-electron chi connectivity index (χ1n) is 7.67. The van der Waals surface area contributed by atoms with E-state index in [1.807, 2.05) is 23.1 Å². The third-order valence-electron chi connectivity index (χ3n) is 4.04. The van der Waals surface area contributed by atoms with Gasteiger partial charge >= 0.3 is 0 Å². The number of thioether (sulfide) groups is 1. The van der Waals surface area contributed by atoms with E-state index < -0.39 is 0 Å². The largest absolute Gasteiger partial charge is 0.229 e. The number of hydrogen-bond acceptors (Lipinski definition) is 4. The van der Waals surface area contributed by atoms with E-state index in [9.17, 15) is 0 Å². The van der Waals surface area contributed by atoms with E-state index in [2.05, 4.69) is 23.8 Å². The number of unbranched alkanes of at least 4 members (excludes halogenated alkanes) is 2. The molecule has 0 amide bonds. The van der Waals surface area contributed by atoms with Gasteiger partial charge in [0.05, 0.1) is 0 Å². The lowest BCUT2D eigenvalue weighted by molar-refractivity contribution is 0.509. The molecule has 3 rings (SSSR count). The fourth-order valence-electron chi connectivity index (χ4n) is 2.88. The molecular weight excluding hydrogens is 284 g/mol. The van der Waals surface area contributed by atoms with Crippen molar-refractivity contribution in [2.45, 2.75) is 57.4 Å². The minimum absolute atomic E-state index is 0.823. The number of nitrogens with zero attached hydrogens (tertiary/aromatic N) is 2. The van der Waals surface area contributed by atoms with Crippen molar-refractivity contribution in [2.24, 2.45) is 5.92 Å². The number of thiophene rings is 1. The summed E-state index contributed by atoms with van der Waals surface area (Å²) in [7, 11) is 0. The fraction of sp³-hybridized carbons (Fsp3) is 0.625. The van der Waals surface area contributed by atoms with E-state index in [0.717, 1.165) is 5.92 Å². The van der Waals surface area contributed by atoms with E-state index in [1.165, 1.54) is 59.5 Å². The van der Waals surface area contributed by atoms with Gasteiger partial charge in [0.2, 0.25) is 0 Å². The van der Waals surface area contributed by atoms with Gasteiger partial charge in [0.1, 0.15) is 16.2 Å². The minimum Gasteiger partial charge on any atom is -0.229 e. The zero-order chi connectivity index (χ0) is 13.9. The quantitative estimate of drug-likeness (QED) is 0.437. The number of rotatable bonds is 5. The predicted octanol–water partition coefficient (Wildman–Crippen LogP) is 5.10. The van der Waals surface area contributed by atoms with Gasteiger partial charge in [-0.3, -0.25) is 0 Å². The molecule has 1 aliphatic rings. The highest BCUT2D eigenvalue weighted by Gasteiger charge is 2.22. The SMILES string of the molecule is CCCCCSc1ncnc2sc3c(c12)CC[C@@H](C)C3. The second-order valence-electron chi connectivity index (χ2n) is 5.77. The maximum absolute atomic E-state index is 4.56. The van der Waals surface area contributed by atoms with Gasteiger partial charge in [0, 0.05) is 10.3 Å². The summed E-state index contributed by atoms with van der Waals surface area (Å²) >= 11 is 3.82. The Bertz CT molecular complexity index is 591. The van der Waals surface area contributed by atoms with Crippen LogP contribution in [0.2, 0.25) is 0 Å². The lowest BCUT2D eigenvalue weighted by Crippen LogP contribution is -2.08. The van der Waals surface area contributed by atoms with Crippen LogP contribution in [0.15, 0.2) is 11.4 Å². The number of fused-ring (bicyclic) bond motifs is 3. The van der Waals surface area contributed by atoms with Gasteiger partial charge in [-0.1, -0.05) is 26.7 Å². The summed E-state index contributed by atoms with van der Waals surface area (Å²) in [5.41, 5.74) is 1.56. The van der Waals surface area contributed by atoms with Gasteiger partial charge in [-0.05, 0) is 42.9 Å². The van der Waals surface area contributed by atoms with Crippen molar-refractivity contribution in [3.63, 3.8) is 0 Å². The fourth-order valence-corrected chi connectivity index (χ4v) is 5.32. The maximum atomic E-state index is 4.56. The zero-order valence-electron chi connectivity index (χ0n) is 12.3. The van der Waals surface area contributed by atoms with Gasteiger partial charge < -0.3 is 0 Å². The van der Waals surface area contributed by atoms with Crippen LogP contribution in [0.5, 0.6) is 0 Å². The molecule has 0 aliphatic heterocycles. The summed E-state index contributed by atoms with van der Waals surface area (Å²) in [6.45, 7) is 4.61. The second-order valence-corrected chi connectivity index (χ2v) is 7.93. The second kappa shape index (κ2) is 6.44. The van der Waals surface area contributed by atoms with Crippen molar-refractivity contribution in [3.05, 3.63) is 16.8 Å². The molecule has 108 valence electrons. The van der Waals surface area contributed by atoms with E-state index in [4.69, 9.17) is 0 Å². The standard InChI is InChI=1S/C16H22N2S2/c1-3-4-5-8-19-15-14-12-7-6-11(2)9-13(12)20-16(14)18-10-17-15/h10-11H,3-9H2,1-2H3/t11-/m1/s1. The molecule has 2 aromatic heterocycles. The van der Waals surface area contributed by atoms with Gasteiger partial charge in [0.25, 0.3) is 0 Å². The Hall–Kier alpha value is -0.610. The number of hydrogen-bond donors (Lipinski definition) is 0. The van der Waals surface area contributed by atoms with E-state index in [-0.39, 0.29) is 0 Å². The van der Waals surface area contributed by atoms with Gasteiger partial charge in [-0.2, -0.15) is 0 Å². The highest BCUT2D eigenvalue weighted by atomic mass is 32.2. The molecule has 0 unspecified atom stereocenters. The highest BCUT2D eigenvalue weighted by Crippen LogP contribution is 2.40. The Labute approximate surface area is 129 Å². The van der Waals surface area contributed by atoms with Crippen molar-refractivity contribution in [2.75, 3.05) is 5.75 Å². The molecule has 0 spiro atoms. The summed E-state index contributed by atoms with van der Waals surface area (Å²) in [4.78, 5) is 11.8. The van der Waals surface area contributed by atoms with Crippen molar-refractivity contribution in [1.82, 2.24) is 9.97 Å². The molecule has 2 aromatic rings. The summed E-state index contributed by atoms with van der Waals surface area (Å²) in [5.74, 6) is 2.00. The Morgan fingerprint density at radius 3 is 3.10 bits per heavy atom. The first-order chi connectivity index (χ1) is 9.79. The monoisotopic (exact) mass is 306 g/mol. The Kier molecular flexibility index (Phi) is 4.61. The lowest BCUT2D eigenvalue weighted by Gasteiger charge is -2.18. The van der Waals surface area contributed by atoms with Crippen LogP contribution < -0.4 is 0 Å². The third kappa shape index (κ3) is 2.86. The van der Waals surface area contributed by atoms with Crippen molar-refractivity contribution in [3.8, 4) is 0 Å². The maximum Gasteiger partial charge on any atom is 0.128 e. The molecule has 2 heterocycles. The van der Waals surface area contributed by atoms with E-state index >= 15 is 0 Å². The van der Waals surface area contributed by atoms with Crippen LogP contribution >= 0.6 is 23.1 Å². The van der Waals surface area contributed by atoms with Crippen LogP contribution in [0.3, 0.4) is 0 Å². The Morgan fingerprint density at radius 1 is 1.35 bits per heavy atom. The normalized spacial score (nSPS) is 18.4. The van der Waals surface area contributed by atoms with Crippen LogP contribution in [0.25, 0.3) is 10.2 Å². The van der Waals surface area contributed by atoms with E-state index in [1.54, 1.807) is 16.8 Å². The van der Waals surface area contributed by atoms with Crippen LogP contribution in [0, 0.1) is 5.92 Å². The van der Waals surface area contributed by atoms with Gasteiger partial charge in [0.15, 0.2) is 0 Å². The molecule has 0 aromatic carbocycles. The number of aromatic nitrogens is 2. The van der Waals surface area contributed by atoms with Crippen LogP contribution in [0.1, 0.15) is 50.0 Å². The molecule has 0 saturated carbocycles. The van der Waals surface area contributed by atoms with Crippen molar-refractivity contribution in [1.29, 1.82) is 0 Å². The zero-order valence-corrected chi connectivity index (χ0v) is 13.9. The smallest absolute Gasteiger partial charge is 0.128 e. The Morgan fingerprint density at radius 2 is 2.25 bits per heavy atom. The minimum atomic E-state index is 0.823. The lowest BCUT2D eigenvalue weighted by atomic mass is 9.89. The summed E-state index contributed by atoms with van der Waals surface area (Å²) in [6.07, 6.45) is 9.40. The van der Waals surface area contributed by atoms with Crippen LogP contribution in [0.4, 0.5) is 0 Å². The molecule has 0 fully saturated rings. The first kappa shape index (κ1) is 14.3. The average Bonchev–Trinajstić information content (AvgIpc) is 2.81. The summed E-state index contributed by atoms with van der Waals surface area (Å²) in [5, 5.41) is 2.60. The molecule has 20 heavy (non-hydrogen) atoms. The molecule has 0 bridgehead atoms. The predicted molar refractivity (Wildman–Crippen MR) is 88.9 cm³/mol. The summed E-state index contributed by atoms with van der Waals surface area (Å²) in [6, 6.07) is 0. The number of aryl methyl sites for hydroxylation is 1. The van der Waals surface area contributed by atoms with Gasteiger partial charge in [-0.15, -0.1) is 23.1 Å². The highest BCUT2D eigenvalue weighted by molar-refractivity contribution is 7.99.